The fourth-order valence-corrected chi connectivity index (χ4v) is 2.47. The van der Waals surface area contributed by atoms with Crippen LogP contribution in [0.1, 0.15) is 39.2 Å². The van der Waals surface area contributed by atoms with Crippen LogP contribution in [0.2, 0.25) is 0 Å². The molecule has 1 aromatic carbocycles. The zero-order chi connectivity index (χ0) is 16.5. The molecule has 1 aliphatic heterocycles. The van der Waals surface area contributed by atoms with Gasteiger partial charge in [-0.05, 0) is 51.3 Å². The maximum atomic E-state index is 5.65. The van der Waals surface area contributed by atoms with Crippen molar-refractivity contribution in [3.63, 3.8) is 0 Å². The van der Waals surface area contributed by atoms with Gasteiger partial charge in [0.1, 0.15) is 5.75 Å². The van der Waals surface area contributed by atoms with Crippen molar-refractivity contribution in [2.45, 2.75) is 52.4 Å². The smallest absolute Gasteiger partial charge is 0.191 e. The van der Waals surface area contributed by atoms with E-state index >= 15 is 0 Å². The van der Waals surface area contributed by atoms with Gasteiger partial charge < -0.3 is 20.1 Å². The third-order valence-electron chi connectivity index (χ3n) is 3.58. The third-order valence-corrected chi connectivity index (χ3v) is 3.58. The van der Waals surface area contributed by atoms with Crippen LogP contribution in [-0.4, -0.2) is 37.9 Å². The van der Waals surface area contributed by atoms with Gasteiger partial charge in [0.05, 0.1) is 18.8 Å². The van der Waals surface area contributed by atoms with Crippen LogP contribution in [0.15, 0.2) is 29.3 Å². The highest BCUT2D eigenvalue weighted by molar-refractivity contribution is 5.79. The Morgan fingerprint density at radius 1 is 1.30 bits per heavy atom. The minimum absolute atomic E-state index is 0.196. The predicted molar refractivity (Wildman–Crippen MR) is 94.0 cm³/mol. The van der Waals surface area contributed by atoms with Crippen LogP contribution in [-0.2, 0) is 11.3 Å². The van der Waals surface area contributed by atoms with E-state index in [4.69, 9.17) is 9.47 Å². The average molecular weight is 319 g/mol. The molecule has 0 radical (unpaired) electrons. The lowest BCUT2D eigenvalue weighted by Gasteiger charge is -2.15. The highest BCUT2D eigenvalue weighted by Gasteiger charge is 2.15. The van der Waals surface area contributed by atoms with Crippen LogP contribution in [0, 0.1) is 0 Å². The maximum Gasteiger partial charge on any atom is 0.191 e. The van der Waals surface area contributed by atoms with E-state index in [0.717, 1.165) is 49.8 Å². The van der Waals surface area contributed by atoms with Crippen molar-refractivity contribution in [3.8, 4) is 5.75 Å². The fraction of sp³-hybridized carbons (Fsp3) is 0.611. The van der Waals surface area contributed by atoms with Crippen molar-refractivity contribution >= 4 is 5.96 Å². The van der Waals surface area contributed by atoms with Crippen molar-refractivity contribution in [2.24, 2.45) is 4.99 Å². The zero-order valence-electron chi connectivity index (χ0n) is 14.5. The van der Waals surface area contributed by atoms with Gasteiger partial charge in [-0.3, -0.25) is 0 Å². The average Bonchev–Trinajstić information content (AvgIpc) is 3.04. The third kappa shape index (κ3) is 6.48. The Kier molecular flexibility index (Phi) is 7.20. The van der Waals surface area contributed by atoms with Crippen molar-refractivity contribution in [2.75, 3.05) is 19.7 Å². The zero-order valence-corrected chi connectivity index (χ0v) is 14.5. The lowest BCUT2D eigenvalue weighted by Crippen LogP contribution is -2.41. The molecule has 0 bridgehead atoms. The lowest BCUT2D eigenvalue weighted by atomic mass is 10.2. The molecule has 1 aliphatic rings. The predicted octanol–water partition coefficient (Wildman–Crippen LogP) is 2.71. The minimum atomic E-state index is 0.196. The van der Waals surface area contributed by atoms with Gasteiger partial charge in [-0.1, -0.05) is 12.1 Å². The first-order chi connectivity index (χ1) is 11.2. The van der Waals surface area contributed by atoms with Gasteiger partial charge in [0.25, 0.3) is 0 Å². The summed E-state index contributed by atoms with van der Waals surface area (Å²) in [5.41, 5.74) is 1.16. The van der Waals surface area contributed by atoms with Crippen LogP contribution in [0.3, 0.4) is 0 Å². The van der Waals surface area contributed by atoms with Gasteiger partial charge in [0.2, 0.25) is 0 Å². The molecule has 2 rings (SSSR count). The monoisotopic (exact) mass is 319 g/mol. The number of hydrogen-bond donors (Lipinski definition) is 2. The van der Waals surface area contributed by atoms with E-state index in [-0.39, 0.29) is 6.10 Å². The Morgan fingerprint density at radius 3 is 2.70 bits per heavy atom. The van der Waals surface area contributed by atoms with E-state index in [2.05, 4.69) is 34.7 Å². The molecule has 1 aromatic rings. The molecule has 0 aromatic heterocycles. The normalized spacial score (nSPS) is 18.3. The van der Waals surface area contributed by atoms with Gasteiger partial charge >= 0.3 is 0 Å². The number of hydrogen-bond acceptors (Lipinski definition) is 3. The van der Waals surface area contributed by atoms with Crippen LogP contribution < -0.4 is 15.4 Å². The second kappa shape index (κ2) is 9.40. The van der Waals surface area contributed by atoms with Crippen molar-refractivity contribution in [3.05, 3.63) is 29.8 Å². The van der Waals surface area contributed by atoms with Crippen molar-refractivity contribution in [1.82, 2.24) is 10.6 Å². The van der Waals surface area contributed by atoms with Gasteiger partial charge in [-0.2, -0.15) is 0 Å². The molecule has 0 aliphatic carbocycles. The van der Waals surface area contributed by atoms with E-state index in [0.29, 0.717) is 12.6 Å². The first-order valence-electron chi connectivity index (χ1n) is 8.56. The Bertz CT molecular complexity index is 480. The molecule has 1 fully saturated rings. The standard InChI is InChI=1S/C18H29N3O2/c1-4-19-18(21-13-17-6-5-11-22-17)20-12-15-7-9-16(10-8-15)23-14(2)3/h7-10,14,17H,4-6,11-13H2,1-3H3,(H2,19,20,21). The second-order valence-corrected chi connectivity index (χ2v) is 6.02. The maximum absolute atomic E-state index is 5.65. The van der Waals surface area contributed by atoms with Crippen LogP contribution in [0.25, 0.3) is 0 Å². The number of aliphatic imine (C=N–C) groups is 1. The molecule has 128 valence electrons. The van der Waals surface area contributed by atoms with Crippen LogP contribution in [0.5, 0.6) is 5.75 Å². The number of rotatable bonds is 7. The minimum Gasteiger partial charge on any atom is -0.491 e. The molecular weight excluding hydrogens is 290 g/mol. The summed E-state index contributed by atoms with van der Waals surface area (Å²) in [6.07, 6.45) is 2.79. The SMILES string of the molecule is CCNC(=NCc1ccc(OC(C)C)cc1)NCC1CCCO1. The Balaban J connectivity index is 1.85. The summed E-state index contributed by atoms with van der Waals surface area (Å²) in [6, 6.07) is 8.12. The summed E-state index contributed by atoms with van der Waals surface area (Å²) in [5.74, 6) is 1.74. The van der Waals surface area contributed by atoms with Gasteiger partial charge in [0.15, 0.2) is 5.96 Å². The quantitative estimate of drug-likeness (QED) is 0.599. The van der Waals surface area contributed by atoms with E-state index in [1.165, 1.54) is 0 Å². The van der Waals surface area contributed by atoms with Gasteiger partial charge in [0, 0.05) is 19.7 Å². The molecule has 0 amide bonds. The Hall–Kier alpha value is -1.75. The molecule has 1 unspecified atom stereocenters. The number of nitrogens with one attached hydrogen (secondary N) is 2. The number of ether oxygens (including phenoxy) is 2. The van der Waals surface area contributed by atoms with E-state index in [1.807, 2.05) is 26.0 Å². The molecule has 1 heterocycles. The summed E-state index contributed by atoms with van der Waals surface area (Å²) in [7, 11) is 0. The fourth-order valence-electron chi connectivity index (χ4n) is 2.47. The molecule has 23 heavy (non-hydrogen) atoms. The van der Waals surface area contributed by atoms with Gasteiger partial charge in [-0.15, -0.1) is 0 Å². The first kappa shape index (κ1) is 17.6. The second-order valence-electron chi connectivity index (χ2n) is 6.02. The largest absolute Gasteiger partial charge is 0.491 e. The molecule has 0 spiro atoms. The van der Waals surface area contributed by atoms with Crippen molar-refractivity contribution in [1.29, 1.82) is 0 Å². The van der Waals surface area contributed by atoms with Crippen LogP contribution in [0.4, 0.5) is 0 Å². The summed E-state index contributed by atoms with van der Waals surface area (Å²) >= 11 is 0. The van der Waals surface area contributed by atoms with Crippen molar-refractivity contribution < 1.29 is 9.47 Å². The summed E-state index contributed by atoms with van der Waals surface area (Å²) < 4.78 is 11.3. The van der Waals surface area contributed by atoms with Gasteiger partial charge in [-0.25, -0.2) is 4.99 Å². The highest BCUT2D eigenvalue weighted by Crippen LogP contribution is 2.14. The molecular formula is C18H29N3O2. The lowest BCUT2D eigenvalue weighted by molar-refractivity contribution is 0.114. The van der Waals surface area contributed by atoms with E-state index in [9.17, 15) is 0 Å². The number of benzene rings is 1. The molecule has 1 saturated heterocycles. The van der Waals surface area contributed by atoms with E-state index < -0.39 is 0 Å². The molecule has 1 atom stereocenters. The van der Waals surface area contributed by atoms with E-state index in [1.54, 1.807) is 0 Å². The summed E-state index contributed by atoms with van der Waals surface area (Å²) in [4.78, 5) is 4.63. The Morgan fingerprint density at radius 2 is 2.09 bits per heavy atom. The highest BCUT2D eigenvalue weighted by atomic mass is 16.5. The summed E-state index contributed by atoms with van der Waals surface area (Å²) in [6.45, 7) is 9.31. The molecule has 5 heteroatoms. The van der Waals surface area contributed by atoms with Crippen LogP contribution >= 0.6 is 0 Å². The molecule has 5 nitrogen and oxygen atoms in total. The molecule has 2 N–H and O–H groups in total. The summed E-state index contributed by atoms with van der Waals surface area (Å²) in [5, 5.41) is 6.63. The number of nitrogens with zero attached hydrogens (tertiary/aromatic N) is 1. The Labute approximate surface area is 139 Å². The topological polar surface area (TPSA) is 54.9 Å². The first-order valence-corrected chi connectivity index (χ1v) is 8.56. The number of guanidine groups is 1. The molecule has 0 saturated carbocycles.